The van der Waals surface area contributed by atoms with E-state index >= 15 is 0 Å². The maximum Gasteiger partial charge on any atom is 0.246 e. The Morgan fingerprint density at radius 1 is 1.06 bits per heavy atom. The van der Waals surface area contributed by atoms with Crippen LogP contribution < -0.4 is 14.2 Å². The first-order valence-electron chi connectivity index (χ1n) is 10.4. The van der Waals surface area contributed by atoms with Crippen LogP contribution in [-0.2, 0) is 11.3 Å². The molecule has 0 radical (unpaired) electrons. The lowest BCUT2D eigenvalue weighted by atomic mass is 10.1. The van der Waals surface area contributed by atoms with Crippen LogP contribution in [0, 0.1) is 0 Å². The van der Waals surface area contributed by atoms with E-state index < -0.39 is 0 Å². The predicted octanol–water partition coefficient (Wildman–Crippen LogP) is 4.11. The number of carbonyl (C=O) groups is 1. The fourth-order valence-corrected chi connectivity index (χ4v) is 3.78. The van der Waals surface area contributed by atoms with Gasteiger partial charge in [0.2, 0.25) is 5.91 Å². The summed E-state index contributed by atoms with van der Waals surface area (Å²) in [5.41, 5.74) is 2.03. The first kappa shape index (κ1) is 23.0. The maximum atomic E-state index is 12.6. The summed E-state index contributed by atoms with van der Waals surface area (Å²) >= 11 is 6.31. The number of hydrogen-bond acceptors (Lipinski definition) is 5. The third-order valence-electron chi connectivity index (χ3n) is 5.21. The van der Waals surface area contributed by atoms with Gasteiger partial charge in [-0.1, -0.05) is 23.7 Å². The number of carbonyl (C=O) groups excluding carboxylic acids is 1. The van der Waals surface area contributed by atoms with E-state index in [4.69, 9.17) is 25.8 Å². The van der Waals surface area contributed by atoms with Gasteiger partial charge in [-0.25, -0.2) is 0 Å². The smallest absolute Gasteiger partial charge is 0.246 e. The van der Waals surface area contributed by atoms with Gasteiger partial charge in [0, 0.05) is 38.8 Å². The number of ether oxygens (including phenoxy) is 3. The molecule has 0 atom stereocenters. The van der Waals surface area contributed by atoms with Gasteiger partial charge in [-0.15, -0.1) is 0 Å². The van der Waals surface area contributed by atoms with Gasteiger partial charge in [0.05, 0.1) is 25.8 Å². The molecule has 0 aromatic heterocycles. The van der Waals surface area contributed by atoms with Gasteiger partial charge in [-0.2, -0.15) is 0 Å². The average Bonchev–Trinajstić information content (AvgIpc) is 2.80. The van der Waals surface area contributed by atoms with E-state index in [9.17, 15) is 4.79 Å². The van der Waals surface area contributed by atoms with Crippen molar-refractivity contribution in [3.05, 3.63) is 58.6 Å². The third kappa shape index (κ3) is 6.15. The third-order valence-corrected chi connectivity index (χ3v) is 5.49. The molecule has 0 N–H and O–H groups in total. The van der Waals surface area contributed by atoms with Crippen molar-refractivity contribution in [2.45, 2.75) is 13.5 Å². The number of halogens is 1. The second-order valence-corrected chi connectivity index (χ2v) is 7.66. The predicted molar refractivity (Wildman–Crippen MR) is 123 cm³/mol. The van der Waals surface area contributed by atoms with Gasteiger partial charge in [0.15, 0.2) is 11.5 Å². The Balaban J connectivity index is 1.54. The normalized spacial score (nSPS) is 14.6. The minimum absolute atomic E-state index is 0.00642. The van der Waals surface area contributed by atoms with Crippen LogP contribution in [-0.4, -0.2) is 62.7 Å². The first-order valence-corrected chi connectivity index (χ1v) is 10.7. The molecular formula is C24H29ClN2O4. The van der Waals surface area contributed by atoms with Gasteiger partial charge in [-0.05, 0) is 48.4 Å². The Hall–Kier alpha value is -2.70. The molecule has 1 heterocycles. The second kappa shape index (κ2) is 11.1. The summed E-state index contributed by atoms with van der Waals surface area (Å²) in [5, 5.41) is 0.459. The maximum absolute atomic E-state index is 12.6. The van der Waals surface area contributed by atoms with Crippen LogP contribution in [0.3, 0.4) is 0 Å². The zero-order chi connectivity index (χ0) is 22.2. The number of hydrogen-bond donors (Lipinski definition) is 0. The minimum atomic E-state index is -0.00642. The molecule has 6 nitrogen and oxygen atoms in total. The largest absolute Gasteiger partial charge is 0.497 e. The molecule has 31 heavy (non-hydrogen) atoms. The zero-order valence-electron chi connectivity index (χ0n) is 18.3. The Bertz CT molecular complexity index is 907. The molecule has 1 aliphatic heterocycles. The molecule has 166 valence electrons. The number of benzene rings is 2. The van der Waals surface area contributed by atoms with Crippen molar-refractivity contribution in [2.24, 2.45) is 0 Å². The Morgan fingerprint density at radius 3 is 2.39 bits per heavy atom. The van der Waals surface area contributed by atoms with Crippen molar-refractivity contribution >= 4 is 23.6 Å². The highest BCUT2D eigenvalue weighted by molar-refractivity contribution is 6.32. The number of rotatable bonds is 8. The van der Waals surface area contributed by atoms with E-state index in [0.717, 1.165) is 30.9 Å². The quantitative estimate of drug-likeness (QED) is 0.573. The van der Waals surface area contributed by atoms with Gasteiger partial charge < -0.3 is 19.1 Å². The van der Waals surface area contributed by atoms with E-state index in [1.54, 1.807) is 32.4 Å². The summed E-state index contributed by atoms with van der Waals surface area (Å²) in [5.74, 6) is 1.92. The molecular weight excluding hydrogens is 416 g/mol. The number of methoxy groups -OCH3 is 2. The Morgan fingerprint density at radius 2 is 1.77 bits per heavy atom. The lowest BCUT2D eigenvalue weighted by Crippen LogP contribution is -2.47. The minimum Gasteiger partial charge on any atom is -0.497 e. The van der Waals surface area contributed by atoms with E-state index in [-0.39, 0.29) is 5.91 Å². The number of nitrogens with zero attached hydrogens (tertiary/aromatic N) is 2. The van der Waals surface area contributed by atoms with Gasteiger partial charge in [-0.3, -0.25) is 9.69 Å². The van der Waals surface area contributed by atoms with Crippen LogP contribution in [0.4, 0.5) is 0 Å². The van der Waals surface area contributed by atoms with Crippen LogP contribution in [0.5, 0.6) is 17.2 Å². The Kier molecular flexibility index (Phi) is 8.20. The van der Waals surface area contributed by atoms with Crippen LogP contribution in [0.25, 0.3) is 6.08 Å². The number of piperazine rings is 1. The summed E-state index contributed by atoms with van der Waals surface area (Å²) < 4.78 is 16.1. The molecule has 0 spiro atoms. The zero-order valence-corrected chi connectivity index (χ0v) is 19.0. The van der Waals surface area contributed by atoms with Crippen molar-refractivity contribution in [3.63, 3.8) is 0 Å². The standard InChI is InChI=1S/C24H29ClN2O4/c1-4-31-24-21(25)15-19(16-22(24)30-3)7-10-23(28)27-13-11-26(12-14-27)17-18-5-8-20(29-2)9-6-18/h5-10,15-16H,4,11-14,17H2,1-3H3/b10-7+. The van der Waals surface area contributed by atoms with Crippen molar-refractivity contribution in [2.75, 3.05) is 47.0 Å². The van der Waals surface area contributed by atoms with Crippen LogP contribution in [0.1, 0.15) is 18.1 Å². The SMILES string of the molecule is CCOc1c(Cl)cc(/C=C/C(=O)N2CCN(Cc3ccc(OC)cc3)CC2)cc1OC. The highest BCUT2D eigenvalue weighted by Gasteiger charge is 2.20. The molecule has 7 heteroatoms. The highest BCUT2D eigenvalue weighted by Crippen LogP contribution is 2.36. The lowest BCUT2D eigenvalue weighted by Gasteiger charge is -2.34. The van der Waals surface area contributed by atoms with Gasteiger partial charge in [0.25, 0.3) is 0 Å². The lowest BCUT2D eigenvalue weighted by molar-refractivity contribution is -0.127. The van der Waals surface area contributed by atoms with Crippen molar-refractivity contribution < 1.29 is 19.0 Å². The van der Waals surface area contributed by atoms with E-state index in [0.29, 0.717) is 36.2 Å². The summed E-state index contributed by atoms with van der Waals surface area (Å²) in [6, 6.07) is 11.7. The summed E-state index contributed by atoms with van der Waals surface area (Å²) in [7, 11) is 3.24. The fraction of sp³-hybridized carbons (Fsp3) is 0.375. The van der Waals surface area contributed by atoms with Crippen LogP contribution in [0.15, 0.2) is 42.5 Å². The van der Waals surface area contributed by atoms with Gasteiger partial charge >= 0.3 is 0 Å². The summed E-state index contributed by atoms with van der Waals surface area (Å²) in [6.07, 6.45) is 3.35. The van der Waals surface area contributed by atoms with Crippen LogP contribution in [0.2, 0.25) is 5.02 Å². The van der Waals surface area contributed by atoms with Crippen LogP contribution >= 0.6 is 11.6 Å². The molecule has 1 amide bonds. The van der Waals surface area contributed by atoms with Gasteiger partial charge in [0.1, 0.15) is 5.75 Å². The molecule has 0 aliphatic carbocycles. The van der Waals surface area contributed by atoms with E-state index in [1.165, 1.54) is 5.56 Å². The first-order chi connectivity index (χ1) is 15.0. The molecule has 1 saturated heterocycles. The Labute approximate surface area is 188 Å². The van der Waals surface area contributed by atoms with Crippen molar-refractivity contribution in [1.29, 1.82) is 0 Å². The van der Waals surface area contributed by atoms with Crippen molar-refractivity contribution in [1.82, 2.24) is 9.80 Å². The topological polar surface area (TPSA) is 51.2 Å². The molecule has 2 aromatic carbocycles. The molecule has 0 bridgehead atoms. The van der Waals surface area contributed by atoms with E-state index in [2.05, 4.69) is 17.0 Å². The molecule has 0 saturated carbocycles. The number of amides is 1. The molecule has 1 fully saturated rings. The van der Waals surface area contributed by atoms with Crippen molar-refractivity contribution in [3.8, 4) is 17.2 Å². The molecule has 3 rings (SSSR count). The van der Waals surface area contributed by atoms with E-state index in [1.807, 2.05) is 30.0 Å². The highest BCUT2D eigenvalue weighted by atomic mass is 35.5. The fourth-order valence-electron chi connectivity index (χ4n) is 3.51. The monoisotopic (exact) mass is 444 g/mol. The summed E-state index contributed by atoms with van der Waals surface area (Å²) in [6.45, 7) is 6.33. The summed E-state index contributed by atoms with van der Waals surface area (Å²) in [4.78, 5) is 16.9. The molecule has 1 aliphatic rings. The molecule has 2 aromatic rings. The average molecular weight is 445 g/mol. The molecule has 0 unspecified atom stereocenters. The second-order valence-electron chi connectivity index (χ2n) is 7.25.